The van der Waals surface area contributed by atoms with Gasteiger partial charge in [0, 0.05) is 12.8 Å². The average molecular weight is 1090 g/mol. The second-order valence-electron chi connectivity index (χ2n) is 23.5. The van der Waals surface area contributed by atoms with Crippen molar-refractivity contribution in [2.45, 2.75) is 373 Å². The molecule has 0 aliphatic heterocycles. The molecule has 0 fully saturated rings. The topological polar surface area (TPSA) is 95.9 Å². The van der Waals surface area contributed by atoms with E-state index in [1.165, 1.54) is 263 Å². The van der Waals surface area contributed by atoms with Crippen LogP contribution in [-0.2, 0) is 14.3 Å². The molecule has 0 bridgehead atoms. The van der Waals surface area contributed by atoms with Crippen molar-refractivity contribution < 1.29 is 24.5 Å². The number of aliphatic hydroxyl groups is 2. The lowest BCUT2D eigenvalue weighted by molar-refractivity contribution is -0.143. The number of unbranched alkanes of at least 4 members (excludes halogenated alkanes) is 45. The van der Waals surface area contributed by atoms with Crippen LogP contribution in [0.25, 0.3) is 0 Å². The van der Waals surface area contributed by atoms with Crippen LogP contribution in [0.4, 0.5) is 0 Å². The third-order valence-corrected chi connectivity index (χ3v) is 15.8. The number of carbonyl (C=O) groups excluding carboxylic acids is 2. The van der Waals surface area contributed by atoms with Gasteiger partial charge in [0.1, 0.15) is 0 Å². The maximum Gasteiger partial charge on any atom is 0.305 e. The van der Waals surface area contributed by atoms with Crippen LogP contribution in [0.1, 0.15) is 361 Å². The lowest BCUT2D eigenvalue weighted by Crippen LogP contribution is -2.45. The van der Waals surface area contributed by atoms with E-state index in [4.69, 9.17) is 4.74 Å². The van der Waals surface area contributed by atoms with Gasteiger partial charge in [-0.05, 0) is 96.3 Å². The molecular formula is C72H133NO5. The number of hydrogen-bond acceptors (Lipinski definition) is 5. The van der Waals surface area contributed by atoms with Gasteiger partial charge < -0.3 is 20.3 Å². The molecule has 0 saturated carbocycles. The normalized spacial score (nSPS) is 12.9. The fourth-order valence-electron chi connectivity index (χ4n) is 10.5. The summed E-state index contributed by atoms with van der Waals surface area (Å²) in [5.74, 6) is -0.0776. The third kappa shape index (κ3) is 62.8. The molecule has 0 aromatic heterocycles. The summed E-state index contributed by atoms with van der Waals surface area (Å²) in [7, 11) is 0. The monoisotopic (exact) mass is 1090 g/mol. The maximum atomic E-state index is 12.5. The highest BCUT2D eigenvalue weighted by molar-refractivity contribution is 5.76. The van der Waals surface area contributed by atoms with E-state index in [-0.39, 0.29) is 18.5 Å². The van der Waals surface area contributed by atoms with Crippen LogP contribution >= 0.6 is 0 Å². The molecule has 0 aliphatic carbocycles. The number of aliphatic hydroxyl groups excluding tert-OH is 2. The molecule has 456 valence electrons. The van der Waals surface area contributed by atoms with Crippen molar-refractivity contribution >= 4 is 11.9 Å². The molecule has 0 radical (unpaired) electrons. The first-order valence-corrected chi connectivity index (χ1v) is 34.6. The Labute approximate surface area is 486 Å². The van der Waals surface area contributed by atoms with Gasteiger partial charge in [-0.1, -0.05) is 312 Å². The molecule has 6 nitrogen and oxygen atoms in total. The van der Waals surface area contributed by atoms with Gasteiger partial charge in [0.05, 0.1) is 25.4 Å². The first-order valence-electron chi connectivity index (χ1n) is 34.6. The summed E-state index contributed by atoms with van der Waals surface area (Å²) in [6, 6.07) is -0.638. The number of amides is 1. The zero-order valence-electron chi connectivity index (χ0n) is 52.1. The van der Waals surface area contributed by atoms with Crippen LogP contribution < -0.4 is 5.32 Å². The zero-order valence-corrected chi connectivity index (χ0v) is 52.1. The molecule has 0 heterocycles. The second kappa shape index (κ2) is 67.1. The Kier molecular flexibility index (Phi) is 65.0. The average Bonchev–Trinajstić information content (AvgIpc) is 3.44. The minimum atomic E-state index is -0.854. The van der Waals surface area contributed by atoms with Gasteiger partial charge in [-0.15, -0.1) is 0 Å². The van der Waals surface area contributed by atoms with Gasteiger partial charge in [0.25, 0.3) is 0 Å². The Morgan fingerprint density at radius 2 is 0.641 bits per heavy atom. The van der Waals surface area contributed by atoms with Crippen molar-refractivity contribution in [2.24, 2.45) is 0 Å². The highest BCUT2D eigenvalue weighted by Gasteiger charge is 2.18. The SMILES string of the molecule is CCCCC/C=C\C/C=C\CCCCCCCCCC(=O)OCCCCCCCCCCC/C=C\C/C=C\CCCCCCCCCC(=O)NC(CO)C(O)/C=C/CCCCCCCCCCCCCCCCCCCCC. The predicted octanol–water partition coefficient (Wildman–Crippen LogP) is 22.3. The van der Waals surface area contributed by atoms with Crippen LogP contribution in [0, 0.1) is 0 Å². The highest BCUT2D eigenvalue weighted by Crippen LogP contribution is 2.17. The van der Waals surface area contributed by atoms with E-state index in [1.807, 2.05) is 6.08 Å². The third-order valence-electron chi connectivity index (χ3n) is 15.8. The van der Waals surface area contributed by atoms with E-state index < -0.39 is 12.1 Å². The fourth-order valence-corrected chi connectivity index (χ4v) is 10.5. The number of carbonyl (C=O) groups is 2. The predicted molar refractivity (Wildman–Crippen MR) is 342 cm³/mol. The fraction of sp³-hybridized carbons (Fsp3) is 0.833. The standard InChI is InChI=1S/C72H133NO5/c1-3-5-7-9-11-13-15-17-19-21-22-26-29-33-36-40-44-48-52-56-60-64-70(75)69(68-74)73-71(76)65-61-57-53-49-45-41-37-34-30-27-24-23-25-28-31-35-39-43-47-51-55-59-63-67-78-72(77)66-62-58-54-50-46-42-38-32-20-18-16-14-12-10-8-6-4-2/h12,14,18,20,23,25,27,30,60,64,69-70,74-75H,3-11,13,15-17,19,21-22,24,26,28-29,31-59,61-63,65-68H2,1-2H3,(H,73,76)/b14-12-,20-18-,25-23-,30-27-,64-60+. The minimum absolute atomic E-state index is 0.00134. The van der Waals surface area contributed by atoms with E-state index in [0.717, 1.165) is 70.6 Å². The van der Waals surface area contributed by atoms with Crippen LogP contribution in [0.15, 0.2) is 60.8 Å². The highest BCUT2D eigenvalue weighted by atomic mass is 16.5. The quantitative estimate of drug-likeness (QED) is 0.0320. The molecule has 0 aromatic carbocycles. The van der Waals surface area contributed by atoms with E-state index in [2.05, 4.69) is 67.8 Å². The van der Waals surface area contributed by atoms with Crippen molar-refractivity contribution in [2.75, 3.05) is 13.2 Å². The molecule has 0 saturated heterocycles. The van der Waals surface area contributed by atoms with Crippen molar-refractivity contribution in [3.8, 4) is 0 Å². The Balaban J connectivity index is 3.48. The molecule has 3 N–H and O–H groups in total. The van der Waals surface area contributed by atoms with Gasteiger partial charge in [-0.3, -0.25) is 9.59 Å². The Morgan fingerprint density at radius 3 is 1.00 bits per heavy atom. The Hall–Kier alpha value is -2.44. The Morgan fingerprint density at radius 1 is 0.359 bits per heavy atom. The number of rotatable bonds is 64. The first-order chi connectivity index (χ1) is 38.5. The summed E-state index contributed by atoms with van der Waals surface area (Å²) < 4.78 is 5.49. The molecule has 0 rings (SSSR count). The van der Waals surface area contributed by atoms with E-state index in [1.54, 1.807) is 6.08 Å². The Bertz CT molecular complexity index is 1350. The second-order valence-corrected chi connectivity index (χ2v) is 23.5. The van der Waals surface area contributed by atoms with Crippen LogP contribution in [0.2, 0.25) is 0 Å². The van der Waals surface area contributed by atoms with E-state index in [0.29, 0.717) is 19.4 Å². The van der Waals surface area contributed by atoms with Gasteiger partial charge in [-0.2, -0.15) is 0 Å². The van der Waals surface area contributed by atoms with Gasteiger partial charge in [-0.25, -0.2) is 0 Å². The van der Waals surface area contributed by atoms with E-state index in [9.17, 15) is 19.8 Å². The lowest BCUT2D eigenvalue weighted by atomic mass is 10.0. The molecule has 6 heteroatoms. The van der Waals surface area contributed by atoms with Crippen LogP contribution in [0.3, 0.4) is 0 Å². The molecule has 1 amide bonds. The lowest BCUT2D eigenvalue weighted by Gasteiger charge is -2.20. The number of nitrogens with one attached hydrogen (secondary N) is 1. The number of allylic oxidation sites excluding steroid dienone is 9. The molecule has 0 aromatic rings. The summed E-state index contributed by atoms with van der Waals surface area (Å²) in [5.41, 5.74) is 0. The zero-order chi connectivity index (χ0) is 56.4. The molecule has 0 spiro atoms. The minimum Gasteiger partial charge on any atom is -0.466 e. The van der Waals surface area contributed by atoms with Crippen LogP contribution in [0.5, 0.6) is 0 Å². The first kappa shape index (κ1) is 75.6. The molecule has 2 atom stereocenters. The molecule has 2 unspecified atom stereocenters. The van der Waals surface area contributed by atoms with Crippen LogP contribution in [-0.4, -0.2) is 47.4 Å². The largest absolute Gasteiger partial charge is 0.466 e. The van der Waals surface area contributed by atoms with Gasteiger partial charge in [0.2, 0.25) is 5.91 Å². The maximum absolute atomic E-state index is 12.5. The van der Waals surface area contributed by atoms with Crippen molar-refractivity contribution in [1.29, 1.82) is 0 Å². The number of esters is 1. The van der Waals surface area contributed by atoms with Gasteiger partial charge in [0.15, 0.2) is 0 Å². The van der Waals surface area contributed by atoms with E-state index >= 15 is 0 Å². The summed E-state index contributed by atoms with van der Waals surface area (Å²) >= 11 is 0. The smallest absolute Gasteiger partial charge is 0.305 e. The summed E-state index contributed by atoms with van der Waals surface area (Å²) in [6.07, 6.45) is 88.5. The molecule has 78 heavy (non-hydrogen) atoms. The summed E-state index contributed by atoms with van der Waals surface area (Å²) in [5, 5.41) is 23.2. The molecule has 0 aliphatic rings. The molecular weight excluding hydrogens is 959 g/mol. The van der Waals surface area contributed by atoms with Crippen molar-refractivity contribution in [3.05, 3.63) is 60.8 Å². The van der Waals surface area contributed by atoms with Crippen molar-refractivity contribution in [1.82, 2.24) is 5.32 Å². The van der Waals surface area contributed by atoms with Crippen molar-refractivity contribution in [3.63, 3.8) is 0 Å². The van der Waals surface area contributed by atoms with Gasteiger partial charge >= 0.3 is 5.97 Å². The number of hydrogen-bond donors (Lipinski definition) is 3. The number of ether oxygens (including phenoxy) is 1. The summed E-state index contributed by atoms with van der Waals surface area (Å²) in [6.45, 7) is 4.89. The summed E-state index contributed by atoms with van der Waals surface area (Å²) in [4.78, 5) is 24.6.